The highest BCUT2D eigenvalue weighted by molar-refractivity contribution is 5.85. The van der Waals surface area contributed by atoms with Crippen LogP contribution in [0.3, 0.4) is 0 Å². The number of pyridine rings is 1. The highest BCUT2D eigenvalue weighted by atomic mass is 16.5. The summed E-state index contributed by atoms with van der Waals surface area (Å²) in [6, 6.07) is 1.73. The van der Waals surface area contributed by atoms with Gasteiger partial charge < -0.3 is 25.9 Å². The first-order chi connectivity index (χ1) is 13.1. The normalized spacial score (nSPS) is 14.9. The Hall–Kier alpha value is -2.74. The second kappa shape index (κ2) is 10.4. The molecular weight excluding hydrogens is 346 g/mol. The minimum absolute atomic E-state index is 0.247. The van der Waals surface area contributed by atoms with E-state index in [1.165, 1.54) is 10.8 Å². The third kappa shape index (κ3) is 5.62. The van der Waals surface area contributed by atoms with Crippen LogP contribution >= 0.6 is 0 Å². The molecule has 8 heteroatoms. The van der Waals surface area contributed by atoms with Crippen LogP contribution in [-0.2, 0) is 11.3 Å². The average molecular weight is 375 g/mol. The molecule has 1 aliphatic heterocycles. The summed E-state index contributed by atoms with van der Waals surface area (Å²) in [5, 5.41) is 0. The third-order valence-corrected chi connectivity index (χ3v) is 4.29. The zero-order chi connectivity index (χ0) is 19.6. The maximum Gasteiger partial charge on any atom is 0.326 e. The van der Waals surface area contributed by atoms with Crippen LogP contribution in [0.5, 0.6) is 5.88 Å². The number of nitrogens with one attached hydrogen (secondary N) is 1. The van der Waals surface area contributed by atoms with E-state index < -0.39 is 0 Å². The van der Waals surface area contributed by atoms with Crippen molar-refractivity contribution in [2.75, 3.05) is 25.6 Å². The van der Waals surface area contributed by atoms with Gasteiger partial charge in [-0.3, -0.25) is 4.57 Å². The number of nitrogens with zero attached hydrogens (tertiary/aromatic N) is 2. The second-order valence-corrected chi connectivity index (χ2v) is 6.27. The molecular formula is C19H29N5O3. The SMILES string of the molecule is C=CCC.N/C=C/Cn1c(=O)[nH]c2c(N)nc(OCC3CCOCC3)cc21. The van der Waals surface area contributed by atoms with Gasteiger partial charge in [-0.25, -0.2) is 4.79 Å². The molecule has 0 atom stereocenters. The van der Waals surface area contributed by atoms with Gasteiger partial charge >= 0.3 is 5.69 Å². The number of fused-ring (bicyclic) bond motifs is 1. The summed E-state index contributed by atoms with van der Waals surface area (Å²) in [6.45, 7) is 8.01. The van der Waals surface area contributed by atoms with E-state index in [1.807, 2.05) is 6.08 Å². The first-order valence-electron chi connectivity index (χ1n) is 9.17. The van der Waals surface area contributed by atoms with Gasteiger partial charge in [0.1, 0.15) is 5.52 Å². The van der Waals surface area contributed by atoms with E-state index >= 15 is 0 Å². The van der Waals surface area contributed by atoms with Gasteiger partial charge in [-0.05, 0) is 37.5 Å². The Morgan fingerprint density at radius 2 is 2.19 bits per heavy atom. The van der Waals surface area contributed by atoms with Crippen molar-refractivity contribution in [3.8, 4) is 5.88 Å². The number of hydrogen-bond acceptors (Lipinski definition) is 6. The number of hydrogen-bond donors (Lipinski definition) is 3. The van der Waals surface area contributed by atoms with Gasteiger partial charge in [-0.15, -0.1) is 6.58 Å². The van der Waals surface area contributed by atoms with E-state index in [0.717, 1.165) is 32.5 Å². The molecule has 0 bridgehead atoms. The van der Waals surface area contributed by atoms with E-state index in [1.54, 1.807) is 12.1 Å². The van der Waals surface area contributed by atoms with E-state index in [9.17, 15) is 4.79 Å². The number of nitrogen functional groups attached to an aromatic ring is 1. The number of nitrogens with two attached hydrogens (primary N) is 2. The summed E-state index contributed by atoms with van der Waals surface area (Å²) in [5.74, 6) is 1.12. The molecule has 5 N–H and O–H groups in total. The van der Waals surface area contributed by atoms with Crippen LogP contribution in [0, 0.1) is 5.92 Å². The summed E-state index contributed by atoms with van der Waals surface area (Å²) >= 11 is 0. The molecule has 1 saturated heterocycles. The van der Waals surface area contributed by atoms with Crippen LogP contribution in [0.4, 0.5) is 5.82 Å². The van der Waals surface area contributed by atoms with Gasteiger partial charge in [0.05, 0.1) is 12.1 Å². The molecule has 8 nitrogen and oxygen atoms in total. The third-order valence-electron chi connectivity index (χ3n) is 4.29. The van der Waals surface area contributed by atoms with Crippen LogP contribution in [0.2, 0.25) is 0 Å². The number of aromatic nitrogens is 3. The molecule has 0 amide bonds. The summed E-state index contributed by atoms with van der Waals surface area (Å²) in [7, 11) is 0. The highest BCUT2D eigenvalue weighted by Gasteiger charge is 2.16. The second-order valence-electron chi connectivity index (χ2n) is 6.27. The number of allylic oxidation sites excluding steroid dienone is 2. The van der Waals surface area contributed by atoms with E-state index in [4.69, 9.17) is 20.9 Å². The zero-order valence-corrected chi connectivity index (χ0v) is 15.8. The van der Waals surface area contributed by atoms with Crippen LogP contribution in [0.15, 0.2) is 35.8 Å². The Bertz CT molecular complexity index is 819. The van der Waals surface area contributed by atoms with Crippen molar-refractivity contribution in [2.24, 2.45) is 11.7 Å². The molecule has 148 valence electrons. The van der Waals surface area contributed by atoms with Gasteiger partial charge in [-0.2, -0.15) is 4.98 Å². The number of H-pyrrole nitrogens is 1. The van der Waals surface area contributed by atoms with E-state index in [0.29, 0.717) is 36.0 Å². The maximum atomic E-state index is 12.0. The van der Waals surface area contributed by atoms with Crippen molar-refractivity contribution in [3.63, 3.8) is 0 Å². The highest BCUT2D eigenvalue weighted by Crippen LogP contribution is 2.23. The molecule has 0 saturated carbocycles. The lowest BCUT2D eigenvalue weighted by Gasteiger charge is -2.21. The van der Waals surface area contributed by atoms with Crippen molar-refractivity contribution in [1.82, 2.24) is 14.5 Å². The van der Waals surface area contributed by atoms with Crippen molar-refractivity contribution >= 4 is 16.9 Å². The molecule has 3 heterocycles. The van der Waals surface area contributed by atoms with E-state index in [-0.39, 0.29) is 11.5 Å². The van der Waals surface area contributed by atoms with Gasteiger partial charge in [-0.1, -0.05) is 13.0 Å². The Kier molecular flexibility index (Phi) is 7.94. The van der Waals surface area contributed by atoms with Crippen molar-refractivity contribution in [3.05, 3.63) is 41.5 Å². The number of imidazole rings is 1. The fourth-order valence-corrected chi connectivity index (χ4v) is 2.69. The van der Waals surface area contributed by atoms with Gasteiger partial charge in [0.2, 0.25) is 5.88 Å². The molecule has 1 fully saturated rings. The number of anilines is 1. The quantitative estimate of drug-likeness (QED) is 0.665. The summed E-state index contributed by atoms with van der Waals surface area (Å²) < 4.78 is 12.7. The molecule has 3 rings (SSSR count). The lowest BCUT2D eigenvalue weighted by Crippen LogP contribution is -2.21. The molecule has 0 unspecified atom stereocenters. The van der Waals surface area contributed by atoms with Crippen molar-refractivity contribution < 1.29 is 9.47 Å². The van der Waals surface area contributed by atoms with Crippen molar-refractivity contribution in [1.29, 1.82) is 0 Å². The minimum atomic E-state index is -0.256. The topological polar surface area (TPSA) is 121 Å². The lowest BCUT2D eigenvalue weighted by atomic mass is 10.0. The fourth-order valence-electron chi connectivity index (χ4n) is 2.69. The predicted molar refractivity (Wildman–Crippen MR) is 108 cm³/mol. The Morgan fingerprint density at radius 3 is 2.81 bits per heavy atom. The molecule has 2 aromatic heterocycles. The standard InChI is InChI=1S/C15H21N5O3.C4H8/c16-4-1-5-20-11-8-12(18-14(17)13(11)19-15(20)21)23-9-10-2-6-22-7-3-10;1-3-4-2/h1,4,8,10H,2-3,5-7,9,16H2,(H2,17,18)(H,19,21);3H,1,4H2,2H3/b4-1+;. The molecule has 0 aliphatic carbocycles. The van der Waals surface area contributed by atoms with Crippen LogP contribution in [-0.4, -0.2) is 34.4 Å². The number of aromatic amines is 1. The molecule has 0 radical (unpaired) electrons. The summed E-state index contributed by atoms with van der Waals surface area (Å²) in [6.07, 6.45) is 8.01. The summed E-state index contributed by atoms with van der Waals surface area (Å²) in [5.41, 5.74) is 12.2. The average Bonchev–Trinajstić information content (AvgIpc) is 3.01. The number of rotatable bonds is 6. The smallest absolute Gasteiger partial charge is 0.326 e. The molecule has 27 heavy (non-hydrogen) atoms. The van der Waals surface area contributed by atoms with Gasteiger partial charge in [0, 0.05) is 25.8 Å². The van der Waals surface area contributed by atoms with E-state index in [2.05, 4.69) is 23.5 Å². The van der Waals surface area contributed by atoms with Crippen LogP contribution < -0.4 is 21.9 Å². The molecule has 0 spiro atoms. The Labute approximate surface area is 158 Å². The first-order valence-corrected chi connectivity index (χ1v) is 9.17. The molecule has 0 aromatic carbocycles. The molecule has 1 aliphatic rings. The van der Waals surface area contributed by atoms with Crippen molar-refractivity contribution in [2.45, 2.75) is 32.7 Å². The first kappa shape index (κ1) is 20.6. The van der Waals surface area contributed by atoms with Gasteiger partial charge in [0.15, 0.2) is 5.82 Å². The lowest BCUT2D eigenvalue weighted by molar-refractivity contribution is 0.0491. The zero-order valence-electron chi connectivity index (χ0n) is 15.8. The fraction of sp³-hybridized carbons (Fsp3) is 0.474. The monoisotopic (exact) mass is 375 g/mol. The maximum absolute atomic E-state index is 12.0. The Morgan fingerprint density at radius 1 is 1.48 bits per heavy atom. The molecule has 2 aromatic rings. The van der Waals surface area contributed by atoms with Crippen LogP contribution in [0.1, 0.15) is 26.2 Å². The van der Waals surface area contributed by atoms with Crippen LogP contribution in [0.25, 0.3) is 11.0 Å². The minimum Gasteiger partial charge on any atom is -0.477 e. The van der Waals surface area contributed by atoms with Gasteiger partial charge in [0.25, 0.3) is 0 Å². The number of ether oxygens (including phenoxy) is 2. The largest absolute Gasteiger partial charge is 0.477 e. The summed E-state index contributed by atoms with van der Waals surface area (Å²) in [4.78, 5) is 18.9. The Balaban J connectivity index is 0.000000596. The predicted octanol–water partition coefficient (Wildman–Crippen LogP) is 2.17.